The molecule has 1 fully saturated rings. The second-order valence-corrected chi connectivity index (χ2v) is 7.49. The molecule has 0 saturated carbocycles. The number of nitrogens with zero attached hydrogens (tertiary/aromatic N) is 1. The summed E-state index contributed by atoms with van der Waals surface area (Å²) in [5, 5.41) is 0. The van der Waals surface area contributed by atoms with Crippen molar-refractivity contribution in [2.45, 2.75) is 45.3 Å². The fraction of sp³-hybridized carbons (Fsp3) is 0.471. The number of carbonyl (C=O) groups is 3. The molecule has 1 aliphatic rings. The average Bonchev–Trinajstić information content (AvgIpc) is 2.95. The number of H-pyrrole nitrogens is 1. The van der Waals surface area contributed by atoms with Crippen molar-refractivity contribution in [3.05, 3.63) is 37.6 Å². The smallest absolute Gasteiger partial charge is 0.330 e. The first-order chi connectivity index (χ1) is 14.0. The normalized spacial score (nSPS) is 23.7. The van der Waals surface area contributed by atoms with Crippen LogP contribution in [0.4, 0.5) is 0 Å². The Labute approximate surface area is 186 Å². The van der Waals surface area contributed by atoms with Crippen molar-refractivity contribution in [1.29, 1.82) is 0 Å². The van der Waals surface area contributed by atoms with E-state index >= 15 is 0 Å². The maximum Gasteiger partial charge on any atom is 0.330 e. The number of aromatic nitrogens is 2. The van der Waals surface area contributed by atoms with Gasteiger partial charge in [-0.15, -0.1) is 0 Å². The third-order valence-corrected chi connectivity index (χ3v) is 5.66. The van der Waals surface area contributed by atoms with E-state index in [0.29, 0.717) is 4.48 Å². The molecule has 0 unspecified atom stereocenters. The molecule has 0 radical (unpaired) electrons. The van der Waals surface area contributed by atoms with Gasteiger partial charge in [0.2, 0.25) is 0 Å². The van der Waals surface area contributed by atoms with Crippen LogP contribution in [-0.2, 0) is 33.3 Å². The molecule has 0 amide bonds. The fourth-order valence-corrected chi connectivity index (χ4v) is 3.35. The predicted octanol–water partition coefficient (Wildman–Crippen LogP) is 0.949. The Morgan fingerprint density at radius 3 is 2.27 bits per heavy atom. The number of hydrogen-bond acceptors (Lipinski definition) is 9. The van der Waals surface area contributed by atoms with Gasteiger partial charge in [0.05, 0.1) is 5.56 Å². The number of ether oxygens (including phenoxy) is 4. The van der Waals surface area contributed by atoms with Gasteiger partial charge < -0.3 is 18.9 Å². The van der Waals surface area contributed by atoms with Gasteiger partial charge in [-0.1, -0.05) is 15.9 Å². The molecule has 4 atom stereocenters. The minimum absolute atomic E-state index is 0.0733. The van der Waals surface area contributed by atoms with Crippen molar-refractivity contribution in [3.8, 4) is 0 Å². The van der Waals surface area contributed by atoms with Gasteiger partial charge in [0.1, 0.15) is 12.7 Å². The lowest BCUT2D eigenvalue weighted by molar-refractivity contribution is -0.166. The molecule has 13 heteroatoms. The molecule has 11 nitrogen and oxygen atoms in total. The van der Waals surface area contributed by atoms with Crippen molar-refractivity contribution < 1.29 is 33.3 Å². The van der Waals surface area contributed by atoms with Crippen LogP contribution in [0.1, 0.15) is 32.6 Å². The van der Waals surface area contributed by atoms with E-state index in [1.165, 1.54) is 18.1 Å². The van der Waals surface area contributed by atoms with Crippen molar-refractivity contribution in [2.75, 3.05) is 6.61 Å². The van der Waals surface area contributed by atoms with Gasteiger partial charge in [-0.3, -0.25) is 28.7 Å². The SMILES string of the molecule is CC(=O)OC[C@H]1O[C@@H](n2cc(/C(Br)=C\Br)c(=O)[nH]c2=O)[C@H](OC(C)=O)[C@@H]1OC(C)=O. The predicted molar refractivity (Wildman–Crippen MR) is 109 cm³/mol. The molecule has 164 valence electrons. The van der Waals surface area contributed by atoms with Gasteiger partial charge in [0, 0.05) is 31.5 Å². The highest BCUT2D eigenvalue weighted by molar-refractivity contribution is 9.16. The number of aromatic amines is 1. The minimum atomic E-state index is -1.28. The summed E-state index contributed by atoms with van der Waals surface area (Å²) in [4.78, 5) is 62.6. The summed E-state index contributed by atoms with van der Waals surface area (Å²) in [5.74, 6) is -2.03. The summed E-state index contributed by atoms with van der Waals surface area (Å²) < 4.78 is 22.5. The third kappa shape index (κ3) is 5.67. The molecule has 2 rings (SSSR count). The van der Waals surface area contributed by atoms with Gasteiger partial charge in [-0.25, -0.2) is 4.79 Å². The number of carbonyl (C=O) groups excluding carboxylic acids is 3. The zero-order chi connectivity index (χ0) is 22.6. The molecule has 1 N–H and O–H groups in total. The quantitative estimate of drug-likeness (QED) is 0.402. The van der Waals surface area contributed by atoms with Crippen LogP contribution >= 0.6 is 31.9 Å². The topological polar surface area (TPSA) is 143 Å². The highest BCUT2D eigenvalue weighted by atomic mass is 79.9. The third-order valence-electron chi connectivity index (χ3n) is 3.94. The van der Waals surface area contributed by atoms with Crippen LogP contribution in [0, 0.1) is 0 Å². The number of nitrogens with one attached hydrogen (secondary N) is 1. The Kier molecular flexibility index (Phi) is 8.15. The summed E-state index contributed by atoms with van der Waals surface area (Å²) in [6.45, 7) is 3.13. The number of esters is 3. The van der Waals surface area contributed by atoms with E-state index in [1.807, 2.05) is 0 Å². The minimum Gasteiger partial charge on any atom is -0.463 e. The Bertz CT molecular complexity index is 984. The van der Waals surface area contributed by atoms with Gasteiger partial charge in [-0.05, 0) is 20.9 Å². The maximum absolute atomic E-state index is 12.5. The summed E-state index contributed by atoms with van der Waals surface area (Å²) in [6.07, 6.45) is -3.55. The van der Waals surface area contributed by atoms with E-state index in [4.69, 9.17) is 18.9 Å². The maximum atomic E-state index is 12.5. The average molecular weight is 554 g/mol. The van der Waals surface area contributed by atoms with Gasteiger partial charge in [0.15, 0.2) is 18.4 Å². The molecular formula is C17H18Br2N2O9. The Morgan fingerprint density at radius 1 is 1.13 bits per heavy atom. The molecule has 1 aromatic heterocycles. The van der Waals surface area contributed by atoms with E-state index in [1.54, 1.807) is 0 Å². The van der Waals surface area contributed by atoms with Crippen LogP contribution in [0.3, 0.4) is 0 Å². The number of halogens is 2. The molecule has 1 saturated heterocycles. The standard InChI is InChI=1S/C17H18Br2N2O9/c1-7(22)27-6-12-13(28-8(2)23)14(29-9(3)24)16(30-12)21-5-10(11(19)4-18)15(25)20-17(21)26/h4-5,12-14,16H,6H2,1-3H3,(H,20,25,26)/b11-4+/t12-,13-,14-,16-/m1/s1. The molecule has 0 spiro atoms. The lowest BCUT2D eigenvalue weighted by atomic mass is 10.1. The van der Waals surface area contributed by atoms with E-state index in [0.717, 1.165) is 18.4 Å². The molecule has 0 aliphatic carbocycles. The first-order valence-corrected chi connectivity index (χ1v) is 10.2. The van der Waals surface area contributed by atoms with Crippen LogP contribution in [-0.4, -0.2) is 52.4 Å². The lowest BCUT2D eigenvalue weighted by Crippen LogP contribution is -2.42. The monoisotopic (exact) mass is 552 g/mol. The Hall–Kier alpha value is -2.25. The first-order valence-electron chi connectivity index (χ1n) is 8.50. The molecule has 1 aliphatic heterocycles. The number of rotatable bonds is 6. The van der Waals surface area contributed by atoms with Crippen molar-refractivity contribution in [2.24, 2.45) is 0 Å². The van der Waals surface area contributed by atoms with E-state index in [2.05, 4.69) is 36.8 Å². The van der Waals surface area contributed by atoms with Crippen molar-refractivity contribution >= 4 is 54.3 Å². The molecule has 0 bridgehead atoms. The second-order valence-electron chi connectivity index (χ2n) is 6.18. The summed E-state index contributed by atoms with van der Waals surface area (Å²) in [6, 6.07) is 0. The molecule has 0 aromatic carbocycles. The van der Waals surface area contributed by atoms with E-state index in [-0.39, 0.29) is 12.2 Å². The van der Waals surface area contributed by atoms with Gasteiger partial charge >= 0.3 is 23.6 Å². The highest BCUT2D eigenvalue weighted by Crippen LogP contribution is 2.34. The first kappa shape index (κ1) is 24.0. The zero-order valence-electron chi connectivity index (χ0n) is 16.0. The van der Waals surface area contributed by atoms with Crippen LogP contribution in [0.5, 0.6) is 0 Å². The van der Waals surface area contributed by atoms with Crippen LogP contribution in [0.25, 0.3) is 4.48 Å². The van der Waals surface area contributed by atoms with Crippen molar-refractivity contribution in [3.63, 3.8) is 0 Å². The summed E-state index contributed by atoms with van der Waals surface area (Å²) in [5.41, 5.74) is -1.45. The molecule has 1 aromatic rings. The van der Waals surface area contributed by atoms with Gasteiger partial charge in [0.25, 0.3) is 5.56 Å². The fourth-order valence-electron chi connectivity index (χ4n) is 2.82. The Morgan fingerprint density at radius 2 is 1.73 bits per heavy atom. The summed E-state index contributed by atoms with van der Waals surface area (Å²) in [7, 11) is 0. The zero-order valence-corrected chi connectivity index (χ0v) is 19.2. The van der Waals surface area contributed by atoms with Crippen molar-refractivity contribution in [1.82, 2.24) is 9.55 Å². The molecule has 2 heterocycles. The Balaban J connectivity index is 2.56. The molecular weight excluding hydrogens is 536 g/mol. The van der Waals surface area contributed by atoms with E-state index < -0.39 is 53.7 Å². The lowest BCUT2D eigenvalue weighted by Gasteiger charge is -2.24. The molecule has 30 heavy (non-hydrogen) atoms. The van der Waals surface area contributed by atoms with Crippen LogP contribution in [0.15, 0.2) is 20.8 Å². The highest BCUT2D eigenvalue weighted by Gasteiger charge is 2.51. The second kappa shape index (κ2) is 10.2. The van der Waals surface area contributed by atoms with Crippen LogP contribution < -0.4 is 11.2 Å². The van der Waals surface area contributed by atoms with Crippen LogP contribution in [0.2, 0.25) is 0 Å². The number of hydrogen-bond donors (Lipinski definition) is 1. The van der Waals surface area contributed by atoms with E-state index in [9.17, 15) is 24.0 Å². The summed E-state index contributed by atoms with van der Waals surface area (Å²) >= 11 is 6.26. The largest absolute Gasteiger partial charge is 0.463 e. The van der Waals surface area contributed by atoms with Gasteiger partial charge in [-0.2, -0.15) is 0 Å².